The predicted octanol–water partition coefficient (Wildman–Crippen LogP) is 0.105. The van der Waals surface area contributed by atoms with Crippen LogP contribution in [0.3, 0.4) is 0 Å². The summed E-state index contributed by atoms with van der Waals surface area (Å²) in [7, 11) is 0. The van der Waals surface area contributed by atoms with Crippen molar-refractivity contribution in [3.05, 3.63) is 0 Å². The molecule has 0 saturated carbocycles. The molecule has 1 fully saturated rings. The summed E-state index contributed by atoms with van der Waals surface area (Å²) in [5, 5.41) is 5.41. The van der Waals surface area contributed by atoms with Crippen molar-refractivity contribution in [3.8, 4) is 0 Å². The minimum Gasteiger partial charge on any atom is -0.376 e. The number of rotatable bonds is 5. The van der Waals surface area contributed by atoms with Crippen molar-refractivity contribution >= 4 is 24.4 Å². The first-order valence-electron chi connectivity index (χ1n) is 5.84. The SMILES string of the molecule is CC(=O)NC(CS)C(=O)NC(C)C1CCCO1. The molecule has 0 bridgehead atoms. The van der Waals surface area contributed by atoms with E-state index in [0.29, 0.717) is 0 Å². The number of amides is 2. The molecule has 1 aliphatic heterocycles. The molecular formula is C11H20N2O3S. The first-order chi connectivity index (χ1) is 8.04. The molecule has 3 atom stereocenters. The van der Waals surface area contributed by atoms with Crippen molar-refractivity contribution in [1.82, 2.24) is 10.6 Å². The molecule has 17 heavy (non-hydrogen) atoms. The van der Waals surface area contributed by atoms with Gasteiger partial charge in [0.2, 0.25) is 11.8 Å². The molecule has 0 aromatic carbocycles. The van der Waals surface area contributed by atoms with Crippen LogP contribution in [-0.4, -0.2) is 42.4 Å². The van der Waals surface area contributed by atoms with Crippen LogP contribution in [0.25, 0.3) is 0 Å². The average molecular weight is 260 g/mol. The summed E-state index contributed by atoms with van der Waals surface area (Å²) in [6, 6.07) is -0.624. The molecular weight excluding hydrogens is 240 g/mol. The van der Waals surface area contributed by atoms with E-state index in [9.17, 15) is 9.59 Å². The highest BCUT2D eigenvalue weighted by molar-refractivity contribution is 7.80. The second-order valence-electron chi connectivity index (χ2n) is 4.28. The number of thiol groups is 1. The average Bonchev–Trinajstić information content (AvgIpc) is 2.78. The van der Waals surface area contributed by atoms with E-state index in [1.165, 1.54) is 6.92 Å². The highest BCUT2D eigenvalue weighted by Crippen LogP contribution is 2.15. The Labute approximate surface area is 107 Å². The van der Waals surface area contributed by atoms with Crippen molar-refractivity contribution in [3.63, 3.8) is 0 Å². The van der Waals surface area contributed by atoms with Crippen molar-refractivity contribution in [1.29, 1.82) is 0 Å². The molecule has 1 heterocycles. The third-order valence-corrected chi connectivity index (χ3v) is 3.13. The van der Waals surface area contributed by atoms with E-state index >= 15 is 0 Å². The number of carbonyl (C=O) groups is 2. The van der Waals surface area contributed by atoms with Crippen LogP contribution in [0.1, 0.15) is 26.7 Å². The molecule has 2 N–H and O–H groups in total. The number of hydrogen-bond acceptors (Lipinski definition) is 4. The van der Waals surface area contributed by atoms with E-state index in [2.05, 4.69) is 23.3 Å². The van der Waals surface area contributed by atoms with Crippen LogP contribution in [0, 0.1) is 0 Å². The van der Waals surface area contributed by atoms with Gasteiger partial charge in [-0.1, -0.05) is 0 Å². The zero-order valence-electron chi connectivity index (χ0n) is 10.2. The predicted molar refractivity (Wildman–Crippen MR) is 68.0 cm³/mol. The number of nitrogens with one attached hydrogen (secondary N) is 2. The Balaban J connectivity index is 2.42. The fourth-order valence-electron chi connectivity index (χ4n) is 1.85. The van der Waals surface area contributed by atoms with Crippen LogP contribution < -0.4 is 10.6 Å². The van der Waals surface area contributed by atoms with Crippen LogP contribution in [-0.2, 0) is 14.3 Å². The van der Waals surface area contributed by atoms with Crippen molar-refractivity contribution in [2.24, 2.45) is 0 Å². The summed E-state index contributed by atoms with van der Waals surface area (Å²) in [4.78, 5) is 22.8. The molecule has 1 rings (SSSR count). The van der Waals surface area contributed by atoms with Gasteiger partial charge in [-0.3, -0.25) is 9.59 Å². The molecule has 2 amide bonds. The summed E-state index contributed by atoms with van der Waals surface area (Å²) in [5.74, 6) is -0.161. The van der Waals surface area contributed by atoms with Gasteiger partial charge in [-0.05, 0) is 19.8 Å². The molecule has 6 heteroatoms. The number of hydrogen-bond donors (Lipinski definition) is 3. The summed E-state index contributed by atoms with van der Waals surface area (Å²) >= 11 is 4.06. The Bertz CT molecular complexity index is 280. The maximum Gasteiger partial charge on any atom is 0.243 e. The van der Waals surface area contributed by atoms with E-state index in [1.54, 1.807) is 0 Å². The van der Waals surface area contributed by atoms with Crippen LogP contribution in [0.2, 0.25) is 0 Å². The van der Waals surface area contributed by atoms with Crippen LogP contribution in [0.5, 0.6) is 0 Å². The normalized spacial score (nSPS) is 22.9. The molecule has 3 unspecified atom stereocenters. The van der Waals surface area contributed by atoms with Crippen molar-refractivity contribution < 1.29 is 14.3 Å². The van der Waals surface area contributed by atoms with E-state index < -0.39 is 6.04 Å². The zero-order valence-corrected chi connectivity index (χ0v) is 11.1. The molecule has 0 spiro atoms. The van der Waals surface area contributed by atoms with Gasteiger partial charge in [0.05, 0.1) is 12.1 Å². The maximum absolute atomic E-state index is 11.8. The molecule has 0 aliphatic carbocycles. The topological polar surface area (TPSA) is 67.4 Å². The van der Waals surface area contributed by atoms with Crippen molar-refractivity contribution in [2.45, 2.75) is 44.9 Å². The summed E-state index contributed by atoms with van der Waals surface area (Å²) in [5.41, 5.74) is 0. The standard InChI is InChI=1S/C11H20N2O3S/c1-7(10-4-3-5-16-10)12-11(15)9(6-17)13-8(2)14/h7,9-10,17H,3-6H2,1-2H3,(H,12,15)(H,13,14). The smallest absolute Gasteiger partial charge is 0.243 e. The van der Waals surface area contributed by atoms with E-state index in [4.69, 9.17) is 4.74 Å². The molecule has 1 saturated heterocycles. The van der Waals surface area contributed by atoms with Gasteiger partial charge in [-0.2, -0.15) is 12.6 Å². The van der Waals surface area contributed by atoms with E-state index in [1.807, 2.05) is 6.92 Å². The fraction of sp³-hybridized carbons (Fsp3) is 0.818. The van der Waals surface area contributed by atoms with Gasteiger partial charge in [0, 0.05) is 19.3 Å². The number of ether oxygens (including phenoxy) is 1. The summed E-state index contributed by atoms with van der Waals surface area (Å²) < 4.78 is 5.49. The van der Waals surface area contributed by atoms with E-state index in [-0.39, 0.29) is 29.7 Å². The van der Waals surface area contributed by atoms with Crippen LogP contribution in [0.15, 0.2) is 0 Å². The number of carbonyl (C=O) groups excluding carboxylic acids is 2. The zero-order chi connectivity index (χ0) is 12.8. The van der Waals surface area contributed by atoms with Crippen molar-refractivity contribution in [2.75, 3.05) is 12.4 Å². The highest BCUT2D eigenvalue weighted by atomic mass is 32.1. The molecule has 0 aromatic rings. The maximum atomic E-state index is 11.8. The molecule has 0 radical (unpaired) electrons. The lowest BCUT2D eigenvalue weighted by Gasteiger charge is -2.23. The lowest BCUT2D eigenvalue weighted by atomic mass is 10.1. The van der Waals surface area contributed by atoms with Crippen LogP contribution in [0.4, 0.5) is 0 Å². The minimum atomic E-state index is -0.584. The van der Waals surface area contributed by atoms with Gasteiger partial charge in [-0.15, -0.1) is 0 Å². The lowest BCUT2D eigenvalue weighted by Crippen LogP contribution is -2.52. The summed E-state index contributed by atoms with van der Waals surface area (Å²) in [6.07, 6.45) is 2.08. The summed E-state index contributed by atoms with van der Waals surface area (Å²) in [6.45, 7) is 4.05. The van der Waals surface area contributed by atoms with Gasteiger partial charge in [-0.25, -0.2) is 0 Å². The fourth-order valence-corrected chi connectivity index (χ4v) is 2.11. The van der Waals surface area contributed by atoms with Gasteiger partial charge >= 0.3 is 0 Å². The Morgan fingerprint density at radius 3 is 2.65 bits per heavy atom. The monoisotopic (exact) mass is 260 g/mol. The van der Waals surface area contributed by atoms with Gasteiger partial charge < -0.3 is 15.4 Å². The third kappa shape index (κ3) is 4.55. The molecule has 0 aromatic heterocycles. The highest BCUT2D eigenvalue weighted by Gasteiger charge is 2.26. The second-order valence-corrected chi connectivity index (χ2v) is 4.65. The van der Waals surface area contributed by atoms with Gasteiger partial charge in [0.15, 0.2) is 0 Å². The minimum absolute atomic E-state index is 0.0406. The van der Waals surface area contributed by atoms with Crippen LogP contribution >= 0.6 is 12.6 Å². The Hall–Kier alpha value is -0.750. The first kappa shape index (κ1) is 14.3. The molecule has 1 aliphatic rings. The second kappa shape index (κ2) is 6.86. The Morgan fingerprint density at radius 1 is 1.47 bits per heavy atom. The van der Waals surface area contributed by atoms with E-state index in [0.717, 1.165) is 19.4 Å². The largest absolute Gasteiger partial charge is 0.376 e. The lowest BCUT2D eigenvalue weighted by molar-refractivity contribution is -0.128. The van der Waals surface area contributed by atoms with Gasteiger partial charge in [0.25, 0.3) is 0 Å². The van der Waals surface area contributed by atoms with Gasteiger partial charge in [0.1, 0.15) is 6.04 Å². The Morgan fingerprint density at radius 2 is 2.18 bits per heavy atom. The first-order valence-corrected chi connectivity index (χ1v) is 6.47. The molecule has 5 nitrogen and oxygen atoms in total. The quantitative estimate of drug-likeness (QED) is 0.614. The molecule has 98 valence electrons. The third-order valence-electron chi connectivity index (χ3n) is 2.77. The Kier molecular flexibility index (Phi) is 5.77.